The second-order valence-electron chi connectivity index (χ2n) is 5.96. The molecule has 2 rings (SSSR count). The number of rotatable bonds is 2. The van der Waals surface area contributed by atoms with E-state index in [1.54, 1.807) is 15.8 Å². The van der Waals surface area contributed by atoms with Crippen LogP contribution in [0.4, 0.5) is 10.5 Å². The predicted molar refractivity (Wildman–Crippen MR) is 73.0 cm³/mol. The Kier molecular flexibility index (Phi) is 3.68. The highest BCUT2D eigenvalue weighted by Crippen LogP contribution is 2.18. The van der Waals surface area contributed by atoms with Crippen molar-refractivity contribution in [2.75, 3.05) is 18.4 Å². The molecule has 0 bridgehead atoms. The van der Waals surface area contributed by atoms with Crippen LogP contribution in [-0.4, -0.2) is 45.5 Å². The summed E-state index contributed by atoms with van der Waals surface area (Å²) in [5, 5.41) is 7.49. The number of hydrogen-bond donors (Lipinski definition) is 1. The van der Waals surface area contributed by atoms with Crippen molar-refractivity contribution in [2.45, 2.75) is 38.8 Å². The molecule has 2 heterocycles. The molecule has 106 valence electrons. The molecule has 0 radical (unpaired) electrons. The molecule has 0 aromatic carbocycles. The Balaban J connectivity index is 1.84. The molecule has 1 aliphatic heterocycles. The van der Waals surface area contributed by atoms with Gasteiger partial charge in [-0.05, 0) is 27.2 Å². The average molecular weight is 266 g/mol. The zero-order chi connectivity index (χ0) is 14.0. The van der Waals surface area contributed by atoms with Gasteiger partial charge < -0.3 is 15.0 Å². The number of anilines is 1. The smallest absolute Gasteiger partial charge is 0.410 e. The standard InChI is InChI=1S/C13H22N4O2/c1-13(2,3)19-12(18)17-6-5-10(9-17)15-11-7-14-16(4)8-11/h7-8,10,15H,5-6,9H2,1-4H3. The minimum Gasteiger partial charge on any atom is -0.444 e. The van der Waals surface area contributed by atoms with Crippen LogP contribution in [0.15, 0.2) is 12.4 Å². The quantitative estimate of drug-likeness (QED) is 0.887. The molecule has 0 aliphatic carbocycles. The van der Waals surface area contributed by atoms with Crippen LogP contribution in [0.25, 0.3) is 0 Å². The number of aromatic nitrogens is 2. The summed E-state index contributed by atoms with van der Waals surface area (Å²) in [5.41, 5.74) is 0.546. The Morgan fingerprint density at radius 1 is 1.53 bits per heavy atom. The third kappa shape index (κ3) is 3.87. The van der Waals surface area contributed by atoms with Crippen molar-refractivity contribution >= 4 is 11.8 Å². The van der Waals surface area contributed by atoms with Crippen LogP contribution in [0.5, 0.6) is 0 Å². The fourth-order valence-corrected chi connectivity index (χ4v) is 2.10. The summed E-state index contributed by atoms with van der Waals surface area (Å²) in [6, 6.07) is 0.261. The Hall–Kier alpha value is -1.72. The summed E-state index contributed by atoms with van der Waals surface area (Å²) >= 11 is 0. The molecule has 1 aromatic heterocycles. The van der Waals surface area contributed by atoms with Crippen LogP contribution in [0, 0.1) is 0 Å². The molecule has 1 atom stereocenters. The van der Waals surface area contributed by atoms with E-state index in [1.807, 2.05) is 34.0 Å². The Bertz CT molecular complexity index is 450. The van der Waals surface area contributed by atoms with E-state index in [0.717, 1.165) is 18.7 Å². The molecular formula is C13H22N4O2. The van der Waals surface area contributed by atoms with Gasteiger partial charge in [0.15, 0.2) is 0 Å². The third-order valence-corrected chi connectivity index (χ3v) is 2.92. The predicted octanol–water partition coefficient (Wildman–Crippen LogP) is 1.84. The van der Waals surface area contributed by atoms with Crippen LogP contribution in [-0.2, 0) is 11.8 Å². The van der Waals surface area contributed by atoms with Gasteiger partial charge in [-0.3, -0.25) is 4.68 Å². The van der Waals surface area contributed by atoms with Gasteiger partial charge in [-0.1, -0.05) is 0 Å². The molecule has 1 unspecified atom stereocenters. The lowest BCUT2D eigenvalue weighted by Crippen LogP contribution is -2.36. The number of likely N-dealkylation sites (tertiary alicyclic amines) is 1. The van der Waals surface area contributed by atoms with Gasteiger partial charge in [-0.15, -0.1) is 0 Å². The lowest BCUT2D eigenvalue weighted by molar-refractivity contribution is 0.0293. The number of carbonyl (C=O) groups excluding carboxylic acids is 1. The fraction of sp³-hybridized carbons (Fsp3) is 0.692. The van der Waals surface area contributed by atoms with E-state index in [0.29, 0.717) is 6.54 Å². The first-order chi connectivity index (χ1) is 8.83. The van der Waals surface area contributed by atoms with E-state index in [1.165, 1.54) is 0 Å². The Labute approximate surface area is 113 Å². The lowest BCUT2D eigenvalue weighted by atomic mass is 10.2. The fourth-order valence-electron chi connectivity index (χ4n) is 2.10. The maximum Gasteiger partial charge on any atom is 0.410 e. The maximum absolute atomic E-state index is 11.9. The van der Waals surface area contributed by atoms with Gasteiger partial charge in [-0.25, -0.2) is 4.79 Å². The molecule has 1 aliphatic rings. The summed E-state index contributed by atoms with van der Waals surface area (Å²) in [6.45, 7) is 7.04. The topological polar surface area (TPSA) is 59.4 Å². The minimum absolute atomic E-state index is 0.233. The molecule has 6 nitrogen and oxygen atoms in total. The number of aryl methyl sites for hydroxylation is 1. The Morgan fingerprint density at radius 2 is 2.26 bits per heavy atom. The van der Waals surface area contributed by atoms with Crippen molar-refractivity contribution in [3.63, 3.8) is 0 Å². The molecule has 19 heavy (non-hydrogen) atoms. The highest BCUT2D eigenvalue weighted by molar-refractivity contribution is 5.68. The van der Waals surface area contributed by atoms with E-state index in [2.05, 4.69) is 10.4 Å². The van der Waals surface area contributed by atoms with Crippen LogP contribution in [0.3, 0.4) is 0 Å². The van der Waals surface area contributed by atoms with Crippen molar-refractivity contribution in [3.8, 4) is 0 Å². The molecule has 6 heteroatoms. The highest BCUT2D eigenvalue weighted by atomic mass is 16.6. The molecule has 1 fully saturated rings. The van der Waals surface area contributed by atoms with Gasteiger partial charge in [-0.2, -0.15) is 5.10 Å². The summed E-state index contributed by atoms with van der Waals surface area (Å²) in [5.74, 6) is 0. The van der Waals surface area contributed by atoms with Crippen LogP contribution in [0.1, 0.15) is 27.2 Å². The maximum atomic E-state index is 11.9. The second-order valence-corrected chi connectivity index (χ2v) is 5.96. The summed E-state index contributed by atoms with van der Waals surface area (Å²) < 4.78 is 7.12. The number of nitrogens with one attached hydrogen (secondary N) is 1. The van der Waals surface area contributed by atoms with Crippen LogP contribution >= 0.6 is 0 Å². The molecule has 1 N–H and O–H groups in total. The van der Waals surface area contributed by atoms with Crippen molar-refractivity contribution in [1.29, 1.82) is 0 Å². The number of amides is 1. The average Bonchev–Trinajstić information content (AvgIpc) is 2.86. The second kappa shape index (κ2) is 5.11. The van der Waals surface area contributed by atoms with Gasteiger partial charge in [0.25, 0.3) is 0 Å². The largest absolute Gasteiger partial charge is 0.444 e. The molecule has 1 aromatic rings. The monoisotopic (exact) mass is 266 g/mol. The van der Waals surface area contributed by atoms with Crippen molar-refractivity contribution in [2.24, 2.45) is 7.05 Å². The summed E-state index contributed by atoms with van der Waals surface area (Å²) in [4.78, 5) is 13.7. The van der Waals surface area contributed by atoms with Crippen LogP contribution in [0.2, 0.25) is 0 Å². The van der Waals surface area contributed by atoms with Gasteiger partial charge in [0, 0.05) is 32.4 Å². The number of hydrogen-bond acceptors (Lipinski definition) is 4. The van der Waals surface area contributed by atoms with Gasteiger partial charge in [0.1, 0.15) is 5.60 Å². The zero-order valence-corrected chi connectivity index (χ0v) is 12.0. The minimum atomic E-state index is -0.439. The van der Waals surface area contributed by atoms with Gasteiger partial charge in [0.2, 0.25) is 0 Å². The molecule has 0 spiro atoms. The SMILES string of the molecule is Cn1cc(NC2CCN(C(=O)OC(C)(C)C)C2)cn1. The van der Waals surface area contributed by atoms with Crippen molar-refractivity contribution in [3.05, 3.63) is 12.4 Å². The zero-order valence-electron chi connectivity index (χ0n) is 12.0. The summed E-state index contributed by atoms with van der Waals surface area (Å²) in [7, 11) is 1.88. The van der Waals surface area contributed by atoms with E-state index in [9.17, 15) is 4.79 Å². The summed E-state index contributed by atoms with van der Waals surface area (Å²) in [6.07, 6.45) is 4.41. The Morgan fingerprint density at radius 3 is 2.84 bits per heavy atom. The number of nitrogens with zero attached hydrogens (tertiary/aromatic N) is 3. The first-order valence-corrected chi connectivity index (χ1v) is 6.56. The lowest BCUT2D eigenvalue weighted by Gasteiger charge is -2.24. The highest BCUT2D eigenvalue weighted by Gasteiger charge is 2.29. The van der Waals surface area contributed by atoms with Gasteiger partial charge >= 0.3 is 6.09 Å². The van der Waals surface area contributed by atoms with Crippen molar-refractivity contribution in [1.82, 2.24) is 14.7 Å². The third-order valence-electron chi connectivity index (χ3n) is 2.92. The molecular weight excluding hydrogens is 244 g/mol. The van der Waals surface area contributed by atoms with Crippen LogP contribution < -0.4 is 5.32 Å². The van der Waals surface area contributed by atoms with E-state index in [-0.39, 0.29) is 12.1 Å². The van der Waals surface area contributed by atoms with Gasteiger partial charge in [0.05, 0.1) is 11.9 Å². The number of ether oxygens (including phenoxy) is 1. The van der Waals surface area contributed by atoms with E-state index in [4.69, 9.17) is 4.74 Å². The first-order valence-electron chi connectivity index (χ1n) is 6.56. The first kappa shape index (κ1) is 13.7. The van der Waals surface area contributed by atoms with E-state index >= 15 is 0 Å². The number of carbonyl (C=O) groups is 1. The molecule has 1 amide bonds. The molecule has 1 saturated heterocycles. The normalized spacial score (nSPS) is 19.6. The molecule has 0 saturated carbocycles. The van der Waals surface area contributed by atoms with Crippen molar-refractivity contribution < 1.29 is 9.53 Å². The van der Waals surface area contributed by atoms with E-state index < -0.39 is 5.60 Å².